The van der Waals surface area contributed by atoms with Gasteiger partial charge in [-0.3, -0.25) is 0 Å². The second kappa shape index (κ2) is 15.2. The van der Waals surface area contributed by atoms with Crippen molar-refractivity contribution in [2.45, 2.75) is 67.6 Å². The first-order valence-corrected chi connectivity index (χ1v) is 20.7. The van der Waals surface area contributed by atoms with Crippen LogP contribution in [0.15, 0.2) is 102 Å². The van der Waals surface area contributed by atoms with E-state index in [1.165, 1.54) is 39.1 Å². The molecule has 0 aliphatic carbocycles. The summed E-state index contributed by atoms with van der Waals surface area (Å²) in [4.78, 5) is 9.28. The number of nitrogens with zero attached hydrogens (tertiary/aromatic N) is 2. The van der Waals surface area contributed by atoms with Gasteiger partial charge in [0, 0.05) is 37.9 Å². The smallest absolute Gasteiger partial charge is 0.165 e. The summed E-state index contributed by atoms with van der Waals surface area (Å²) in [6.07, 6.45) is 5.01. The number of halogens is 1. The van der Waals surface area contributed by atoms with Gasteiger partial charge in [0.15, 0.2) is 11.4 Å². The summed E-state index contributed by atoms with van der Waals surface area (Å²) in [6, 6.07) is 34.1. The van der Waals surface area contributed by atoms with Crippen molar-refractivity contribution >= 4 is 35.2 Å². The summed E-state index contributed by atoms with van der Waals surface area (Å²) in [5.74, 6) is -0.364. The van der Waals surface area contributed by atoms with Gasteiger partial charge < -0.3 is 14.4 Å². The van der Waals surface area contributed by atoms with Crippen LogP contribution in [0.4, 0.5) is 4.39 Å². The molecule has 0 atom stereocenters. The fourth-order valence-corrected chi connectivity index (χ4v) is 8.44. The van der Waals surface area contributed by atoms with Gasteiger partial charge in [-0.1, -0.05) is 98.9 Å². The van der Waals surface area contributed by atoms with Crippen molar-refractivity contribution in [1.29, 1.82) is 0 Å². The molecule has 0 fully saturated rings. The molecule has 0 bridgehead atoms. The number of pyridine rings is 2. The zero-order valence-electron chi connectivity index (χ0n) is 31.0. The van der Waals surface area contributed by atoms with Crippen LogP contribution in [0.2, 0.25) is 19.6 Å². The minimum atomic E-state index is -1.37. The molecule has 0 aliphatic rings. The number of benzene rings is 4. The van der Waals surface area contributed by atoms with Crippen LogP contribution in [-0.4, -0.2) is 18.0 Å². The van der Waals surface area contributed by atoms with Crippen molar-refractivity contribution in [3.05, 3.63) is 138 Å². The molecular formula is C45H45FIrN2OSi-2. The van der Waals surface area contributed by atoms with Crippen LogP contribution < -0.4 is 5.19 Å². The van der Waals surface area contributed by atoms with Crippen LogP contribution >= 0.6 is 0 Å². The average Bonchev–Trinajstić information content (AvgIpc) is 3.44. The van der Waals surface area contributed by atoms with Crippen molar-refractivity contribution in [3.63, 3.8) is 0 Å². The Kier molecular flexibility index (Phi) is 11.3. The third kappa shape index (κ3) is 8.47. The zero-order valence-corrected chi connectivity index (χ0v) is 34.4. The normalized spacial score (nSPS) is 11.6. The van der Waals surface area contributed by atoms with E-state index >= 15 is 0 Å². The van der Waals surface area contributed by atoms with E-state index in [1.807, 2.05) is 42.5 Å². The van der Waals surface area contributed by atoms with Crippen LogP contribution in [0.5, 0.6) is 0 Å². The molecule has 263 valence electrons. The molecule has 0 saturated carbocycles. The van der Waals surface area contributed by atoms with E-state index in [0.29, 0.717) is 5.58 Å². The molecule has 0 amide bonds. The quantitative estimate of drug-likeness (QED) is 0.128. The Hall–Kier alpha value is -4.22. The number of fused-ring (bicyclic) bond motifs is 3. The van der Waals surface area contributed by atoms with Gasteiger partial charge in [-0.2, -0.15) is 0 Å². The summed E-state index contributed by atoms with van der Waals surface area (Å²) in [5, 5.41) is 3.11. The summed E-state index contributed by atoms with van der Waals surface area (Å²) in [7, 11) is -1.37. The van der Waals surface area contributed by atoms with Gasteiger partial charge in [0.25, 0.3) is 0 Å². The Morgan fingerprint density at radius 3 is 2.16 bits per heavy atom. The fourth-order valence-electron chi connectivity index (χ4n) is 6.87. The average molecular weight is 869 g/mol. The predicted octanol–water partition coefficient (Wildman–Crippen LogP) is 11.9. The summed E-state index contributed by atoms with van der Waals surface area (Å²) in [5.41, 5.74) is 12.2. The summed E-state index contributed by atoms with van der Waals surface area (Å²) in [6.45, 7) is 20.5. The molecule has 1 radical (unpaired) electrons. The molecule has 3 heterocycles. The third-order valence-corrected chi connectivity index (χ3v) is 11.0. The second-order valence-electron chi connectivity index (χ2n) is 15.5. The first-order chi connectivity index (χ1) is 23.7. The molecule has 0 spiro atoms. The van der Waals surface area contributed by atoms with E-state index in [2.05, 4.69) is 115 Å². The largest absolute Gasteiger partial charge is 0.498 e. The first-order valence-electron chi connectivity index (χ1n) is 17.2. The molecule has 0 unspecified atom stereocenters. The number of rotatable bonds is 5. The number of hydrogen-bond acceptors (Lipinski definition) is 3. The van der Waals surface area contributed by atoms with Gasteiger partial charge in [-0.15, -0.1) is 54.1 Å². The number of aromatic nitrogens is 2. The Bertz CT molecular complexity index is 2290. The topological polar surface area (TPSA) is 38.9 Å². The molecule has 0 aliphatic heterocycles. The van der Waals surface area contributed by atoms with Crippen molar-refractivity contribution in [2.24, 2.45) is 5.41 Å². The monoisotopic (exact) mass is 869 g/mol. The maximum Gasteiger partial charge on any atom is 0.165 e. The standard InChI is InChI=1S/C26H19FNO.C19H26NSi.Ir/c1-15-12-16(2)24(17(3)13-15)18-10-11-28-23(14-18)21-8-4-6-19-20-7-5-9-22(27)26(20)29-25(19)21;1-19(2,3)13-16-12-17(15-10-8-7-9-11-15)20-14-18(16)21(4,5)6;/h4-7,9-14H,1-3H3;7-10,12,14H,13H2,1-6H3;/q2*-1;. The summed E-state index contributed by atoms with van der Waals surface area (Å²) >= 11 is 0. The van der Waals surface area contributed by atoms with E-state index in [4.69, 9.17) is 9.40 Å². The van der Waals surface area contributed by atoms with Crippen LogP contribution in [-0.2, 0) is 26.5 Å². The van der Waals surface area contributed by atoms with E-state index in [1.54, 1.807) is 12.3 Å². The number of aryl methyl sites for hydroxylation is 3. The van der Waals surface area contributed by atoms with Crippen molar-refractivity contribution in [3.8, 4) is 33.6 Å². The van der Waals surface area contributed by atoms with Gasteiger partial charge >= 0.3 is 0 Å². The molecule has 7 aromatic rings. The van der Waals surface area contributed by atoms with Gasteiger partial charge in [-0.25, -0.2) is 4.39 Å². The van der Waals surface area contributed by atoms with Gasteiger partial charge in [-0.05, 0) is 83.6 Å². The summed E-state index contributed by atoms with van der Waals surface area (Å²) < 4.78 is 20.2. The Balaban J connectivity index is 0.000000205. The molecule has 4 aromatic carbocycles. The molecule has 6 heteroatoms. The van der Waals surface area contributed by atoms with Crippen LogP contribution in [0, 0.1) is 44.1 Å². The maximum atomic E-state index is 14.2. The SMILES string of the molecule is CC(C)(C)Cc1cc(-c2[c-]cccc2)ncc1[Si](C)(C)C.Cc1cc(C)c(-c2ccnc(-c3[c-]ccc4c3oc3c(F)cccc34)c2)c(C)c1.[Ir]. The molecule has 3 aromatic heterocycles. The van der Waals surface area contributed by atoms with Crippen LogP contribution in [0.25, 0.3) is 55.6 Å². The van der Waals surface area contributed by atoms with Crippen molar-refractivity contribution < 1.29 is 28.9 Å². The van der Waals surface area contributed by atoms with E-state index in [9.17, 15) is 4.39 Å². The first kappa shape index (κ1) is 38.0. The predicted molar refractivity (Wildman–Crippen MR) is 210 cm³/mol. The molecule has 0 N–H and O–H groups in total. The number of para-hydroxylation sites is 1. The minimum absolute atomic E-state index is 0. The van der Waals surface area contributed by atoms with Crippen molar-refractivity contribution in [2.75, 3.05) is 0 Å². The van der Waals surface area contributed by atoms with Crippen molar-refractivity contribution in [1.82, 2.24) is 9.97 Å². The van der Waals surface area contributed by atoms with Gasteiger partial charge in [0.2, 0.25) is 0 Å². The van der Waals surface area contributed by atoms with Crippen LogP contribution in [0.1, 0.15) is 43.0 Å². The number of hydrogen-bond donors (Lipinski definition) is 0. The Morgan fingerprint density at radius 2 is 1.49 bits per heavy atom. The van der Waals surface area contributed by atoms with E-state index in [0.717, 1.165) is 45.3 Å². The molecule has 3 nitrogen and oxygen atoms in total. The zero-order chi connectivity index (χ0) is 35.8. The van der Waals surface area contributed by atoms with Gasteiger partial charge in [0.1, 0.15) is 0 Å². The molecule has 51 heavy (non-hydrogen) atoms. The molecule has 7 rings (SSSR count). The number of furan rings is 1. The minimum Gasteiger partial charge on any atom is -0.498 e. The van der Waals surface area contributed by atoms with Gasteiger partial charge in [0.05, 0.1) is 13.7 Å². The fraction of sp³-hybridized carbons (Fsp3) is 0.244. The molecular weight excluding hydrogens is 824 g/mol. The maximum absolute atomic E-state index is 14.2. The molecule has 0 saturated heterocycles. The van der Waals surface area contributed by atoms with E-state index in [-0.39, 0.29) is 36.9 Å². The Morgan fingerprint density at radius 1 is 0.765 bits per heavy atom. The van der Waals surface area contributed by atoms with Crippen LogP contribution in [0.3, 0.4) is 0 Å². The Labute approximate surface area is 316 Å². The second-order valence-corrected chi connectivity index (χ2v) is 20.5. The van der Waals surface area contributed by atoms with E-state index < -0.39 is 8.07 Å². The third-order valence-electron chi connectivity index (χ3n) is 8.90.